The molecule has 1 aliphatic rings. The maximum atomic E-state index is 5.67. The van der Waals surface area contributed by atoms with Crippen LogP contribution in [0.5, 0.6) is 5.06 Å². The fourth-order valence-electron chi connectivity index (χ4n) is 1.05. The third-order valence-electron chi connectivity index (χ3n) is 1.75. The van der Waals surface area contributed by atoms with E-state index in [0.717, 1.165) is 18.2 Å². The number of hydrogen-bond acceptors (Lipinski definition) is 4. The van der Waals surface area contributed by atoms with Crippen molar-refractivity contribution in [1.29, 1.82) is 0 Å². The van der Waals surface area contributed by atoms with Crippen LogP contribution in [0.25, 0.3) is 0 Å². The van der Waals surface area contributed by atoms with Crippen LogP contribution >= 0.6 is 11.3 Å². The summed E-state index contributed by atoms with van der Waals surface area (Å²) in [4.78, 5) is 3.94. The van der Waals surface area contributed by atoms with Gasteiger partial charge in [0.25, 0.3) is 0 Å². The van der Waals surface area contributed by atoms with Gasteiger partial charge in [-0.05, 0) is 6.92 Å². The van der Waals surface area contributed by atoms with Crippen LogP contribution in [-0.2, 0) is 0 Å². The lowest BCUT2D eigenvalue weighted by Crippen LogP contribution is -2.60. The topological polar surface area (TPSA) is 34.1 Å². The summed E-state index contributed by atoms with van der Waals surface area (Å²) in [6.07, 6.45) is 1.76. The van der Waals surface area contributed by atoms with Crippen LogP contribution in [0.2, 0.25) is 0 Å². The Kier molecular flexibility index (Phi) is 1.58. The zero-order valence-electron chi connectivity index (χ0n) is 6.33. The Morgan fingerprint density at radius 1 is 1.73 bits per heavy atom. The Labute approximate surface area is 69.4 Å². The van der Waals surface area contributed by atoms with E-state index in [-0.39, 0.29) is 5.60 Å². The lowest BCUT2D eigenvalue weighted by atomic mass is 10.0. The van der Waals surface area contributed by atoms with Crippen molar-refractivity contribution in [1.82, 2.24) is 10.3 Å². The number of nitrogens with zero attached hydrogens (tertiary/aromatic N) is 1. The van der Waals surface area contributed by atoms with Gasteiger partial charge in [-0.25, -0.2) is 4.98 Å². The molecule has 0 amide bonds. The van der Waals surface area contributed by atoms with Crippen LogP contribution in [0.3, 0.4) is 0 Å². The lowest BCUT2D eigenvalue weighted by Gasteiger charge is -2.38. The molecule has 0 spiro atoms. The molecule has 0 saturated carbocycles. The highest BCUT2D eigenvalue weighted by Crippen LogP contribution is 2.24. The molecule has 1 aromatic rings. The molecule has 2 heterocycles. The van der Waals surface area contributed by atoms with E-state index in [1.54, 1.807) is 11.7 Å². The van der Waals surface area contributed by atoms with Crippen molar-refractivity contribution in [3.8, 4) is 5.06 Å². The smallest absolute Gasteiger partial charge is 0.194 e. The summed E-state index contributed by atoms with van der Waals surface area (Å²) in [5.74, 6) is 0. The molecule has 3 nitrogen and oxygen atoms in total. The molecule has 0 unspecified atom stereocenters. The van der Waals surface area contributed by atoms with E-state index in [1.807, 2.05) is 0 Å². The van der Waals surface area contributed by atoms with Crippen molar-refractivity contribution in [2.45, 2.75) is 12.5 Å². The molecule has 0 aliphatic carbocycles. The Balaban J connectivity index is 2.00. The van der Waals surface area contributed by atoms with Crippen LogP contribution in [0, 0.1) is 0 Å². The molecule has 1 aliphatic heterocycles. The van der Waals surface area contributed by atoms with Crippen molar-refractivity contribution in [3.63, 3.8) is 0 Å². The summed E-state index contributed by atoms with van der Waals surface area (Å²) >= 11 is 1.54. The standard InChI is InChI=1S/C7H10N2OS/c1-7(3-9-4-7)10-6-2-8-5-11-6/h2,5,9H,3-4H2,1H3. The fraction of sp³-hybridized carbons (Fsp3) is 0.571. The van der Waals surface area contributed by atoms with Crippen LogP contribution in [-0.4, -0.2) is 23.7 Å². The van der Waals surface area contributed by atoms with Gasteiger partial charge in [0.15, 0.2) is 5.06 Å². The number of hydrogen-bond donors (Lipinski definition) is 1. The zero-order valence-corrected chi connectivity index (χ0v) is 7.15. The van der Waals surface area contributed by atoms with E-state index < -0.39 is 0 Å². The van der Waals surface area contributed by atoms with Gasteiger partial charge in [0.1, 0.15) is 5.60 Å². The quantitative estimate of drug-likeness (QED) is 0.715. The van der Waals surface area contributed by atoms with Crippen molar-refractivity contribution in [2.24, 2.45) is 0 Å². The Bertz CT molecular complexity index is 231. The minimum Gasteiger partial charge on any atom is -0.474 e. The molecular weight excluding hydrogens is 160 g/mol. The summed E-state index contributed by atoms with van der Waals surface area (Å²) in [5, 5.41) is 4.08. The maximum Gasteiger partial charge on any atom is 0.194 e. The van der Waals surface area contributed by atoms with E-state index >= 15 is 0 Å². The predicted molar refractivity (Wildman–Crippen MR) is 44.0 cm³/mol. The minimum atomic E-state index is 0.00648. The summed E-state index contributed by atoms with van der Waals surface area (Å²) < 4.78 is 5.67. The van der Waals surface area contributed by atoms with Gasteiger partial charge in [-0.1, -0.05) is 11.3 Å². The highest BCUT2D eigenvalue weighted by molar-refractivity contribution is 7.11. The largest absolute Gasteiger partial charge is 0.474 e. The third-order valence-corrected chi connectivity index (χ3v) is 2.40. The number of thiazole rings is 1. The van der Waals surface area contributed by atoms with Gasteiger partial charge in [-0.2, -0.15) is 0 Å². The van der Waals surface area contributed by atoms with Crippen LogP contribution in [0.1, 0.15) is 6.92 Å². The molecule has 11 heavy (non-hydrogen) atoms. The summed E-state index contributed by atoms with van der Waals surface area (Å²) in [6.45, 7) is 3.97. The second kappa shape index (κ2) is 2.46. The van der Waals surface area contributed by atoms with E-state index in [4.69, 9.17) is 4.74 Å². The van der Waals surface area contributed by atoms with Gasteiger partial charge >= 0.3 is 0 Å². The molecule has 4 heteroatoms. The van der Waals surface area contributed by atoms with Crippen molar-refractivity contribution in [3.05, 3.63) is 11.7 Å². The summed E-state index contributed by atoms with van der Waals surface area (Å²) in [7, 11) is 0. The third kappa shape index (κ3) is 1.36. The van der Waals surface area contributed by atoms with Gasteiger partial charge in [0.2, 0.25) is 0 Å². The van der Waals surface area contributed by atoms with Crippen LogP contribution in [0.15, 0.2) is 11.7 Å². The van der Waals surface area contributed by atoms with Crippen LogP contribution < -0.4 is 10.1 Å². The predicted octanol–water partition coefficient (Wildman–Crippen LogP) is 0.884. The molecular formula is C7H10N2OS. The van der Waals surface area contributed by atoms with E-state index in [9.17, 15) is 0 Å². The first-order chi connectivity index (χ1) is 5.29. The Hall–Kier alpha value is -0.610. The van der Waals surface area contributed by atoms with Gasteiger partial charge < -0.3 is 10.1 Å². The first-order valence-electron chi connectivity index (χ1n) is 3.57. The average molecular weight is 170 g/mol. The van der Waals surface area contributed by atoms with E-state index in [1.165, 1.54) is 11.3 Å². The molecule has 2 rings (SSSR count). The van der Waals surface area contributed by atoms with Crippen molar-refractivity contribution < 1.29 is 4.74 Å². The second-order valence-corrected chi connectivity index (χ2v) is 3.82. The molecule has 0 atom stereocenters. The minimum absolute atomic E-state index is 0.00648. The van der Waals surface area contributed by atoms with Crippen molar-refractivity contribution >= 4 is 11.3 Å². The Morgan fingerprint density at radius 3 is 3.00 bits per heavy atom. The number of nitrogens with one attached hydrogen (secondary N) is 1. The molecule has 0 radical (unpaired) electrons. The molecule has 1 saturated heterocycles. The van der Waals surface area contributed by atoms with E-state index in [2.05, 4.69) is 17.2 Å². The average Bonchev–Trinajstić information content (AvgIpc) is 2.36. The summed E-state index contributed by atoms with van der Waals surface area (Å²) in [6, 6.07) is 0. The monoisotopic (exact) mass is 170 g/mol. The number of ether oxygens (including phenoxy) is 1. The first-order valence-corrected chi connectivity index (χ1v) is 4.45. The molecule has 0 bridgehead atoms. The summed E-state index contributed by atoms with van der Waals surface area (Å²) in [5.41, 5.74) is 1.79. The van der Waals surface area contributed by atoms with E-state index in [0.29, 0.717) is 0 Å². The van der Waals surface area contributed by atoms with Gasteiger partial charge in [0, 0.05) is 13.1 Å². The number of aromatic nitrogens is 1. The number of rotatable bonds is 2. The fourth-order valence-corrected chi connectivity index (χ4v) is 1.64. The molecule has 1 N–H and O–H groups in total. The highest BCUT2D eigenvalue weighted by Gasteiger charge is 2.34. The molecule has 1 fully saturated rings. The lowest BCUT2D eigenvalue weighted by molar-refractivity contribution is 0.0384. The zero-order chi connectivity index (χ0) is 7.73. The van der Waals surface area contributed by atoms with Gasteiger partial charge in [-0.3, -0.25) is 0 Å². The van der Waals surface area contributed by atoms with Gasteiger partial charge in [0.05, 0.1) is 11.7 Å². The van der Waals surface area contributed by atoms with Crippen LogP contribution in [0.4, 0.5) is 0 Å². The molecule has 0 aromatic carbocycles. The van der Waals surface area contributed by atoms with Gasteiger partial charge in [-0.15, -0.1) is 0 Å². The Morgan fingerprint density at radius 2 is 2.55 bits per heavy atom. The molecule has 1 aromatic heterocycles. The highest BCUT2D eigenvalue weighted by atomic mass is 32.1. The second-order valence-electron chi connectivity index (χ2n) is 2.98. The first kappa shape index (κ1) is 7.06. The SMILES string of the molecule is CC1(Oc2cncs2)CNC1. The normalized spacial score (nSPS) is 20.8. The molecule has 60 valence electrons. The van der Waals surface area contributed by atoms with Crippen molar-refractivity contribution in [2.75, 3.05) is 13.1 Å². The maximum absolute atomic E-state index is 5.67.